The van der Waals surface area contributed by atoms with Crippen LogP contribution in [0.5, 0.6) is 5.88 Å². The number of carbonyl (C=O) groups is 1. The number of amides is 1. The molecule has 0 radical (unpaired) electrons. The quantitative estimate of drug-likeness (QED) is 0.314. The normalized spacial score (nSPS) is 11.4. The zero-order valence-electron chi connectivity index (χ0n) is 19.4. The molecule has 0 aliphatic heterocycles. The molecule has 0 atom stereocenters. The number of unbranched alkanes of at least 4 members (excludes halogenated alkanes) is 2. The molecule has 1 amide bonds. The van der Waals surface area contributed by atoms with Crippen molar-refractivity contribution in [1.82, 2.24) is 19.5 Å². The predicted octanol–water partition coefficient (Wildman–Crippen LogP) is 4.78. The third kappa shape index (κ3) is 8.83. The number of hydrogen-bond acceptors (Lipinski definition) is 6. The lowest BCUT2D eigenvalue weighted by Gasteiger charge is -2.10. The SMILES string of the molecule is CCCCCS(=O)(=O)NC(=O)CCc1cc(OCc2ccccn2)nn1Cc1ccc(Cl)cc1Cl. The van der Waals surface area contributed by atoms with Crippen molar-refractivity contribution in [2.75, 3.05) is 5.75 Å². The van der Waals surface area contributed by atoms with Crippen LogP contribution in [0.3, 0.4) is 0 Å². The number of rotatable bonds is 13. The van der Waals surface area contributed by atoms with Crippen molar-refractivity contribution in [3.8, 4) is 5.88 Å². The van der Waals surface area contributed by atoms with Crippen LogP contribution >= 0.6 is 23.2 Å². The number of benzene rings is 1. The second-order valence-electron chi connectivity index (χ2n) is 8.03. The third-order valence-electron chi connectivity index (χ3n) is 5.16. The van der Waals surface area contributed by atoms with Crippen LogP contribution in [0.4, 0.5) is 0 Å². The van der Waals surface area contributed by atoms with E-state index in [2.05, 4.69) is 14.8 Å². The summed E-state index contributed by atoms with van der Waals surface area (Å²) in [5.74, 6) is -0.261. The van der Waals surface area contributed by atoms with Gasteiger partial charge in [-0.05, 0) is 42.7 Å². The van der Waals surface area contributed by atoms with Gasteiger partial charge < -0.3 is 4.74 Å². The van der Waals surface area contributed by atoms with Gasteiger partial charge in [0.2, 0.25) is 21.8 Å². The van der Waals surface area contributed by atoms with Gasteiger partial charge in [0.05, 0.1) is 18.0 Å². The number of pyridine rings is 1. The Morgan fingerprint density at radius 1 is 1.14 bits per heavy atom. The summed E-state index contributed by atoms with van der Waals surface area (Å²) in [6, 6.07) is 12.5. The third-order valence-corrected chi connectivity index (χ3v) is 7.12. The molecule has 0 aliphatic carbocycles. The zero-order valence-corrected chi connectivity index (χ0v) is 21.7. The molecule has 8 nitrogen and oxygen atoms in total. The van der Waals surface area contributed by atoms with E-state index >= 15 is 0 Å². The van der Waals surface area contributed by atoms with Gasteiger partial charge in [0.25, 0.3) is 0 Å². The smallest absolute Gasteiger partial charge is 0.234 e. The number of aromatic nitrogens is 3. The van der Waals surface area contributed by atoms with Crippen molar-refractivity contribution in [2.24, 2.45) is 0 Å². The topological polar surface area (TPSA) is 103 Å². The van der Waals surface area contributed by atoms with Crippen molar-refractivity contribution in [2.45, 2.75) is 52.2 Å². The molecule has 0 saturated heterocycles. The highest BCUT2D eigenvalue weighted by Gasteiger charge is 2.17. The van der Waals surface area contributed by atoms with Crippen LogP contribution in [0.15, 0.2) is 48.7 Å². The molecule has 3 rings (SSSR count). The molecule has 1 aromatic carbocycles. The summed E-state index contributed by atoms with van der Waals surface area (Å²) in [7, 11) is -3.64. The number of sulfonamides is 1. The number of hydrogen-bond donors (Lipinski definition) is 1. The average Bonchev–Trinajstić information content (AvgIpc) is 3.20. The molecule has 188 valence electrons. The van der Waals surface area contributed by atoms with E-state index in [1.807, 2.05) is 25.1 Å². The van der Waals surface area contributed by atoms with E-state index in [4.69, 9.17) is 27.9 Å². The molecule has 3 aromatic rings. The van der Waals surface area contributed by atoms with E-state index in [0.717, 1.165) is 24.1 Å². The predicted molar refractivity (Wildman–Crippen MR) is 136 cm³/mol. The van der Waals surface area contributed by atoms with Gasteiger partial charge in [-0.25, -0.2) is 8.42 Å². The fourth-order valence-corrected chi connectivity index (χ4v) is 4.94. The van der Waals surface area contributed by atoms with E-state index in [1.54, 1.807) is 35.1 Å². The van der Waals surface area contributed by atoms with Crippen molar-refractivity contribution < 1.29 is 17.9 Å². The monoisotopic (exact) mass is 538 g/mol. The highest BCUT2D eigenvalue weighted by molar-refractivity contribution is 7.90. The van der Waals surface area contributed by atoms with Crippen LogP contribution in [0.25, 0.3) is 0 Å². The maximum absolute atomic E-state index is 12.3. The van der Waals surface area contributed by atoms with Crippen molar-refractivity contribution in [3.05, 3.63) is 75.7 Å². The first-order valence-electron chi connectivity index (χ1n) is 11.3. The van der Waals surface area contributed by atoms with Crippen LogP contribution in [0.2, 0.25) is 10.0 Å². The molecular formula is C24H28Cl2N4O4S. The second kappa shape index (κ2) is 12.9. The maximum atomic E-state index is 12.3. The van der Waals surface area contributed by atoms with Gasteiger partial charge in [0.1, 0.15) is 6.61 Å². The number of carbonyl (C=O) groups excluding carboxylic acids is 1. The minimum atomic E-state index is -3.64. The van der Waals surface area contributed by atoms with Gasteiger partial charge in [0, 0.05) is 34.4 Å². The van der Waals surface area contributed by atoms with E-state index in [-0.39, 0.29) is 25.2 Å². The Kier molecular flexibility index (Phi) is 9.94. The van der Waals surface area contributed by atoms with Gasteiger partial charge in [-0.15, -0.1) is 5.10 Å². The molecule has 0 saturated carbocycles. The minimum absolute atomic E-state index is 0.0211. The van der Waals surface area contributed by atoms with E-state index in [0.29, 0.717) is 34.6 Å². The number of nitrogens with zero attached hydrogens (tertiary/aromatic N) is 3. The Labute approximate surface area is 215 Å². The Morgan fingerprint density at radius 2 is 1.97 bits per heavy atom. The van der Waals surface area contributed by atoms with Gasteiger partial charge in [0.15, 0.2) is 0 Å². The molecule has 0 aliphatic rings. The Hall–Kier alpha value is -2.62. The van der Waals surface area contributed by atoms with Crippen LogP contribution < -0.4 is 9.46 Å². The number of ether oxygens (including phenoxy) is 1. The van der Waals surface area contributed by atoms with Gasteiger partial charge in [-0.3, -0.25) is 19.2 Å². The lowest BCUT2D eigenvalue weighted by atomic mass is 10.2. The van der Waals surface area contributed by atoms with Gasteiger partial charge in [-0.2, -0.15) is 0 Å². The van der Waals surface area contributed by atoms with Crippen molar-refractivity contribution in [3.63, 3.8) is 0 Å². The largest absolute Gasteiger partial charge is 0.470 e. The highest BCUT2D eigenvalue weighted by Crippen LogP contribution is 2.24. The van der Waals surface area contributed by atoms with Crippen LogP contribution in [0, 0.1) is 0 Å². The van der Waals surface area contributed by atoms with Gasteiger partial charge in [-0.1, -0.05) is 55.1 Å². The Bertz CT molecular complexity index is 1230. The van der Waals surface area contributed by atoms with E-state index < -0.39 is 15.9 Å². The highest BCUT2D eigenvalue weighted by atomic mass is 35.5. The summed E-state index contributed by atoms with van der Waals surface area (Å²) in [5, 5.41) is 5.53. The lowest BCUT2D eigenvalue weighted by Crippen LogP contribution is -2.32. The summed E-state index contributed by atoms with van der Waals surface area (Å²) < 4.78 is 33.9. The summed E-state index contributed by atoms with van der Waals surface area (Å²) in [6.45, 7) is 2.55. The van der Waals surface area contributed by atoms with Crippen molar-refractivity contribution in [1.29, 1.82) is 0 Å². The van der Waals surface area contributed by atoms with Crippen molar-refractivity contribution >= 4 is 39.1 Å². The molecule has 2 heterocycles. The minimum Gasteiger partial charge on any atom is -0.470 e. The first-order valence-corrected chi connectivity index (χ1v) is 13.7. The summed E-state index contributed by atoms with van der Waals surface area (Å²) in [5.41, 5.74) is 2.24. The zero-order chi connectivity index (χ0) is 25.3. The van der Waals surface area contributed by atoms with Crippen LogP contribution in [-0.2, 0) is 34.4 Å². The average molecular weight is 539 g/mol. The first kappa shape index (κ1) is 27.0. The number of halogens is 2. The second-order valence-corrected chi connectivity index (χ2v) is 10.7. The van der Waals surface area contributed by atoms with Crippen LogP contribution in [0.1, 0.15) is 49.6 Å². The van der Waals surface area contributed by atoms with E-state index in [1.165, 1.54) is 0 Å². The molecular weight excluding hydrogens is 511 g/mol. The van der Waals surface area contributed by atoms with Gasteiger partial charge >= 0.3 is 0 Å². The Balaban J connectivity index is 1.70. The lowest BCUT2D eigenvalue weighted by molar-refractivity contribution is -0.119. The first-order chi connectivity index (χ1) is 16.8. The molecule has 0 bridgehead atoms. The molecule has 11 heteroatoms. The molecule has 0 spiro atoms. The molecule has 1 N–H and O–H groups in total. The molecule has 2 aromatic heterocycles. The summed E-state index contributed by atoms with van der Waals surface area (Å²) >= 11 is 12.3. The number of nitrogens with one attached hydrogen (secondary N) is 1. The molecule has 35 heavy (non-hydrogen) atoms. The van der Waals surface area contributed by atoms with E-state index in [9.17, 15) is 13.2 Å². The maximum Gasteiger partial charge on any atom is 0.234 e. The number of aryl methyl sites for hydroxylation is 1. The summed E-state index contributed by atoms with van der Waals surface area (Å²) in [4.78, 5) is 16.6. The fourth-order valence-electron chi connectivity index (χ4n) is 3.34. The molecule has 0 unspecified atom stereocenters. The molecule has 0 fully saturated rings. The Morgan fingerprint density at radius 3 is 2.69 bits per heavy atom. The van der Waals surface area contributed by atoms with Crippen LogP contribution in [-0.4, -0.2) is 34.8 Å². The fraction of sp³-hybridized carbons (Fsp3) is 0.375. The standard InChI is InChI=1S/C24H28Cl2N4O4S/c1-2-3-6-13-35(32,33)29-23(31)11-10-21-15-24(34-17-20-7-4-5-12-27-20)28-30(21)16-18-8-9-19(25)14-22(18)26/h4-5,7-9,12,14-15H,2-3,6,10-11,13,16-17H2,1H3,(H,29,31). The summed E-state index contributed by atoms with van der Waals surface area (Å²) in [6.07, 6.45) is 4.14.